The molecule has 1 unspecified atom stereocenters. The quantitative estimate of drug-likeness (QED) is 0.339. The van der Waals surface area contributed by atoms with Crippen LogP contribution in [0.5, 0.6) is 0 Å². The molecule has 2 aliphatic rings. The molecular formula is C5H10N3S+. The van der Waals surface area contributed by atoms with Crippen molar-refractivity contribution < 1.29 is 4.68 Å². The molecular weight excluding hydrogens is 134 g/mol. The molecule has 0 aromatic carbocycles. The van der Waals surface area contributed by atoms with Gasteiger partial charge in [0.25, 0.3) is 6.34 Å². The minimum Gasteiger partial charge on any atom is -0.258 e. The van der Waals surface area contributed by atoms with E-state index in [0.29, 0.717) is 5.25 Å². The fourth-order valence-corrected chi connectivity index (χ4v) is 1.63. The predicted octanol–water partition coefficient (Wildman–Crippen LogP) is -0.883. The van der Waals surface area contributed by atoms with Gasteiger partial charge in [-0.25, -0.2) is 5.01 Å². The molecule has 2 heterocycles. The van der Waals surface area contributed by atoms with Crippen LogP contribution in [0, 0.1) is 0 Å². The van der Waals surface area contributed by atoms with Gasteiger partial charge >= 0.3 is 0 Å². The largest absolute Gasteiger partial charge is 0.258 e. The summed E-state index contributed by atoms with van der Waals surface area (Å²) in [6.07, 6.45) is 2.01. The lowest BCUT2D eigenvalue weighted by Crippen LogP contribution is -2.26. The van der Waals surface area contributed by atoms with E-state index in [4.69, 9.17) is 0 Å². The van der Waals surface area contributed by atoms with Crippen LogP contribution in [0.2, 0.25) is 0 Å². The van der Waals surface area contributed by atoms with Crippen LogP contribution in [0.15, 0.2) is 0 Å². The van der Waals surface area contributed by atoms with Crippen molar-refractivity contribution in [2.24, 2.45) is 0 Å². The zero-order valence-corrected chi connectivity index (χ0v) is 6.01. The third-order valence-corrected chi connectivity index (χ3v) is 2.02. The summed E-state index contributed by atoms with van der Waals surface area (Å²) in [6, 6.07) is 0. The van der Waals surface area contributed by atoms with E-state index in [1.807, 2.05) is 6.34 Å². The summed E-state index contributed by atoms with van der Waals surface area (Å²) in [5.41, 5.74) is 0. The summed E-state index contributed by atoms with van der Waals surface area (Å²) in [5.74, 6) is 0. The van der Waals surface area contributed by atoms with Crippen LogP contribution >= 0.6 is 12.6 Å². The average molecular weight is 144 g/mol. The van der Waals surface area contributed by atoms with Crippen LogP contribution in [-0.4, -0.2) is 41.0 Å². The van der Waals surface area contributed by atoms with E-state index in [0.717, 1.165) is 19.8 Å². The Balaban J connectivity index is 2.15. The van der Waals surface area contributed by atoms with E-state index in [2.05, 4.69) is 27.6 Å². The van der Waals surface area contributed by atoms with Crippen LogP contribution in [-0.2, 0) is 0 Å². The van der Waals surface area contributed by atoms with Crippen molar-refractivity contribution in [2.75, 3.05) is 19.8 Å². The minimum atomic E-state index is 0.531. The van der Waals surface area contributed by atoms with Gasteiger partial charge in [0, 0.05) is 0 Å². The lowest BCUT2D eigenvalue weighted by molar-refractivity contribution is -0.653. The van der Waals surface area contributed by atoms with Crippen LogP contribution in [0.4, 0.5) is 0 Å². The molecule has 1 saturated heterocycles. The summed E-state index contributed by atoms with van der Waals surface area (Å²) in [6.45, 7) is 3.08. The average Bonchev–Trinajstić information content (AvgIpc) is 2.22. The number of nitrogens with one attached hydrogen (secondary N) is 1. The third-order valence-electron chi connectivity index (χ3n) is 1.70. The fraction of sp³-hybridized carbons (Fsp3) is 0.800. The van der Waals surface area contributed by atoms with Crippen molar-refractivity contribution in [1.82, 2.24) is 10.3 Å². The van der Waals surface area contributed by atoms with Crippen molar-refractivity contribution in [3.8, 4) is 0 Å². The molecule has 9 heavy (non-hydrogen) atoms. The van der Waals surface area contributed by atoms with Crippen molar-refractivity contribution in [3.05, 3.63) is 0 Å². The highest BCUT2D eigenvalue weighted by Crippen LogP contribution is 2.10. The van der Waals surface area contributed by atoms with Crippen molar-refractivity contribution in [1.29, 1.82) is 0 Å². The summed E-state index contributed by atoms with van der Waals surface area (Å²) in [7, 11) is 0. The molecule has 2 aliphatic heterocycles. The topological polar surface area (TPSA) is 18.3 Å². The van der Waals surface area contributed by atoms with Crippen LogP contribution in [0.3, 0.4) is 0 Å². The lowest BCUT2D eigenvalue weighted by Gasteiger charge is -2.04. The smallest absolute Gasteiger partial charge is 0.257 e. The predicted molar refractivity (Wildman–Crippen MR) is 38.7 cm³/mol. The Morgan fingerprint density at radius 1 is 1.78 bits per heavy atom. The number of nitrogens with zero attached hydrogens (tertiary/aromatic N) is 2. The van der Waals surface area contributed by atoms with Crippen LogP contribution < -0.4 is 5.32 Å². The van der Waals surface area contributed by atoms with Crippen molar-refractivity contribution in [2.45, 2.75) is 5.25 Å². The maximum atomic E-state index is 4.37. The Morgan fingerprint density at radius 3 is 3.44 bits per heavy atom. The molecule has 1 N–H and O–H groups in total. The number of hydrogen-bond donors (Lipinski definition) is 2. The molecule has 0 aromatic rings. The number of rotatable bonds is 0. The van der Waals surface area contributed by atoms with Gasteiger partial charge in [-0.15, -0.1) is 0 Å². The van der Waals surface area contributed by atoms with Gasteiger partial charge in [-0.1, -0.05) is 0 Å². The highest BCUT2D eigenvalue weighted by Gasteiger charge is 2.30. The summed E-state index contributed by atoms with van der Waals surface area (Å²) < 4.78 is 2.18. The molecule has 1 atom stereocenters. The normalized spacial score (nSPS) is 31.9. The number of thiol groups is 1. The van der Waals surface area contributed by atoms with Gasteiger partial charge in [-0.3, -0.25) is 5.32 Å². The van der Waals surface area contributed by atoms with E-state index in [-0.39, 0.29) is 0 Å². The highest BCUT2D eigenvalue weighted by atomic mass is 32.1. The van der Waals surface area contributed by atoms with E-state index in [1.54, 1.807) is 0 Å². The van der Waals surface area contributed by atoms with Gasteiger partial charge in [0.2, 0.25) is 0 Å². The molecule has 0 saturated carbocycles. The second kappa shape index (κ2) is 1.80. The number of hydrazone groups is 1. The van der Waals surface area contributed by atoms with Gasteiger partial charge in [0.15, 0.2) is 6.67 Å². The van der Waals surface area contributed by atoms with Gasteiger partial charge < -0.3 is 0 Å². The molecule has 2 rings (SSSR count). The lowest BCUT2D eigenvalue weighted by atomic mass is 10.4. The maximum absolute atomic E-state index is 4.37. The van der Waals surface area contributed by atoms with Crippen molar-refractivity contribution in [3.63, 3.8) is 0 Å². The number of hydrazine groups is 1. The molecule has 0 aliphatic carbocycles. The summed E-state index contributed by atoms with van der Waals surface area (Å²) in [5, 5.41) is 5.92. The zero-order valence-electron chi connectivity index (χ0n) is 5.12. The molecule has 0 bridgehead atoms. The Morgan fingerprint density at radius 2 is 2.67 bits per heavy atom. The standard InChI is InChI=1S/C5H9N3S/c9-5-1-7-3-6-4-8(7)2-5/h3,5,9H,1-2,4H2/p+1. The first kappa shape index (κ1) is 5.41. The first-order valence-electron chi connectivity index (χ1n) is 3.12. The van der Waals surface area contributed by atoms with E-state index in [1.165, 1.54) is 0 Å². The van der Waals surface area contributed by atoms with Gasteiger partial charge in [0.1, 0.15) is 6.54 Å². The molecule has 0 spiro atoms. The minimum absolute atomic E-state index is 0.531. The molecule has 0 amide bonds. The third kappa shape index (κ3) is 0.775. The second-order valence-electron chi connectivity index (χ2n) is 2.46. The molecule has 1 fully saturated rings. The Hall–Kier alpha value is -0.380. The van der Waals surface area contributed by atoms with Gasteiger partial charge in [-0.05, 0) is 0 Å². The zero-order chi connectivity index (χ0) is 6.27. The second-order valence-corrected chi connectivity index (χ2v) is 3.19. The monoisotopic (exact) mass is 144 g/mol. The highest BCUT2D eigenvalue weighted by molar-refractivity contribution is 7.81. The Bertz CT molecular complexity index is 156. The first-order valence-corrected chi connectivity index (χ1v) is 3.64. The molecule has 0 aromatic heterocycles. The van der Waals surface area contributed by atoms with Crippen molar-refractivity contribution >= 4 is 19.0 Å². The number of hydrogen-bond acceptors (Lipinski definition) is 3. The molecule has 4 heteroatoms. The van der Waals surface area contributed by atoms with Crippen LogP contribution in [0.25, 0.3) is 0 Å². The molecule has 0 radical (unpaired) electrons. The van der Waals surface area contributed by atoms with Gasteiger partial charge in [-0.2, -0.15) is 17.3 Å². The number of fused-ring (bicyclic) bond motifs is 1. The fourth-order valence-electron chi connectivity index (χ4n) is 1.28. The van der Waals surface area contributed by atoms with E-state index < -0.39 is 0 Å². The molecule has 50 valence electrons. The van der Waals surface area contributed by atoms with Crippen LogP contribution in [0.1, 0.15) is 0 Å². The Kier molecular flexibility index (Phi) is 1.08. The first-order chi connectivity index (χ1) is 4.36. The summed E-state index contributed by atoms with van der Waals surface area (Å²) in [4.78, 5) is 0. The SMILES string of the molecule is SC1CN2CNC=[N+]2C1. The maximum Gasteiger partial charge on any atom is 0.257 e. The summed E-state index contributed by atoms with van der Waals surface area (Å²) >= 11 is 4.37. The van der Waals surface area contributed by atoms with E-state index >= 15 is 0 Å². The Labute approximate surface area is 59.7 Å². The van der Waals surface area contributed by atoms with E-state index in [9.17, 15) is 0 Å². The molecule has 3 nitrogen and oxygen atoms in total. The van der Waals surface area contributed by atoms with Gasteiger partial charge in [0.05, 0.1) is 11.8 Å².